The molecule has 0 saturated heterocycles. The van der Waals surface area contributed by atoms with Gasteiger partial charge in [0.1, 0.15) is 0 Å². The predicted octanol–water partition coefficient (Wildman–Crippen LogP) is 2.67. The molecule has 1 rings (SSSR count). The lowest BCUT2D eigenvalue weighted by Gasteiger charge is -1.93. The van der Waals surface area contributed by atoms with E-state index in [0.29, 0.717) is 0 Å². The fraction of sp³-hybridized carbons (Fsp3) is 0.200. The van der Waals surface area contributed by atoms with Gasteiger partial charge in [0.15, 0.2) is 0 Å². The van der Waals surface area contributed by atoms with Gasteiger partial charge < -0.3 is 0 Å². The van der Waals surface area contributed by atoms with Gasteiger partial charge >= 0.3 is 0 Å². The highest BCUT2D eigenvalue weighted by atomic mass is 35.5. The van der Waals surface area contributed by atoms with Crippen LogP contribution in [-0.4, -0.2) is 0 Å². The Labute approximate surface area is 74.0 Å². The van der Waals surface area contributed by atoms with Crippen LogP contribution in [-0.2, 0) is 6.42 Å². The highest BCUT2D eigenvalue weighted by Crippen LogP contribution is 2.00. The molecule has 0 aromatic heterocycles. The molecule has 1 aromatic carbocycles. The Hall–Kier alpha value is -0.930. The largest absolute Gasteiger partial charge is 0.147 e. The number of aryl methyl sites for hydroxylation is 1. The molecule has 11 heavy (non-hydrogen) atoms. The minimum Gasteiger partial charge on any atom is -0.147 e. The Balaban J connectivity index is 0.000001000. The molecule has 0 bridgehead atoms. The summed E-state index contributed by atoms with van der Waals surface area (Å²) in [5.74, 6) is 2.62. The quantitative estimate of drug-likeness (QED) is 0.593. The van der Waals surface area contributed by atoms with Gasteiger partial charge in [0.05, 0.1) is 0 Å². The van der Waals surface area contributed by atoms with Gasteiger partial charge in [-0.05, 0) is 12.0 Å². The summed E-state index contributed by atoms with van der Waals surface area (Å²) >= 11 is 0. The fourth-order valence-corrected chi connectivity index (χ4v) is 0.861. The Morgan fingerprint density at radius 3 is 2.36 bits per heavy atom. The maximum Gasteiger partial charge on any atom is 0.0127 e. The summed E-state index contributed by atoms with van der Waals surface area (Å²) in [5.41, 5.74) is 1.32. The van der Waals surface area contributed by atoms with Crippen molar-refractivity contribution in [1.82, 2.24) is 0 Å². The maximum atomic E-state index is 5.13. The molecule has 0 spiro atoms. The van der Waals surface area contributed by atoms with E-state index in [1.54, 1.807) is 0 Å². The van der Waals surface area contributed by atoms with Crippen LogP contribution < -0.4 is 0 Å². The van der Waals surface area contributed by atoms with Crippen LogP contribution in [0.1, 0.15) is 12.0 Å². The molecule has 1 heteroatoms. The molecule has 0 fully saturated rings. The van der Waals surface area contributed by atoms with E-state index < -0.39 is 0 Å². The zero-order valence-electron chi connectivity index (χ0n) is 6.29. The molecule has 0 heterocycles. The highest BCUT2D eigenvalue weighted by molar-refractivity contribution is 5.85. The van der Waals surface area contributed by atoms with E-state index in [-0.39, 0.29) is 12.4 Å². The van der Waals surface area contributed by atoms with Gasteiger partial charge in [-0.2, -0.15) is 0 Å². The molecular formula is C10H11Cl. The minimum absolute atomic E-state index is 0. The van der Waals surface area contributed by atoms with Gasteiger partial charge in [-0.3, -0.25) is 0 Å². The molecule has 58 valence electrons. The van der Waals surface area contributed by atoms with Crippen molar-refractivity contribution >= 4 is 12.4 Å². The van der Waals surface area contributed by atoms with Crippen molar-refractivity contribution in [3.63, 3.8) is 0 Å². The average molecular weight is 167 g/mol. The molecule has 0 nitrogen and oxygen atoms in total. The van der Waals surface area contributed by atoms with E-state index in [2.05, 4.69) is 18.1 Å². The first-order valence-corrected chi connectivity index (χ1v) is 3.41. The Morgan fingerprint density at radius 1 is 1.18 bits per heavy atom. The van der Waals surface area contributed by atoms with Gasteiger partial charge in [0.25, 0.3) is 0 Å². The van der Waals surface area contributed by atoms with Gasteiger partial charge in [0.2, 0.25) is 0 Å². The normalized spacial score (nSPS) is 7.91. The molecule has 1 aromatic rings. The molecule has 0 aliphatic rings. The van der Waals surface area contributed by atoms with E-state index in [1.807, 2.05) is 18.2 Å². The van der Waals surface area contributed by atoms with E-state index in [9.17, 15) is 0 Å². The summed E-state index contributed by atoms with van der Waals surface area (Å²) in [5, 5.41) is 0. The molecule has 0 N–H and O–H groups in total. The summed E-state index contributed by atoms with van der Waals surface area (Å²) in [6, 6.07) is 10.3. The Kier molecular flexibility index (Phi) is 5.33. The third-order valence-corrected chi connectivity index (χ3v) is 1.40. The molecule has 0 unspecified atom stereocenters. The van der Waals surface area contributed by atoms with Gasteiger partial charge in [-0.25, -0.2) is 0 Å². The topological polar surface area (TPSA) is 0 Å². The van der Waals surface area contributed by atoms with Crippen LogP contribution >= 0.6 is 12.4 Å². The maximum absolute atomic E-state index is 5.13. The molecule has 0 aliphatic heterocycles. The minimum atomic E-state index is 0. The van der Waals surface area contributed by atoms with Crippen molar-refractivity contribution in [2.24, 2.45) is 0 Å². The first kappa shape index (κ1) is 10.1. The Morgan fingerprint density at radius 2 is 1.82 bits per heavy atom. The number of benzene rings is 1. The van der Waals surface area contributed by atoms with Crippen LogP contribution in [0.25, 0.3) is 0 Å². The molecule has 0 amide bonds. The lowest BCUT2D eigenvalue weighted by Crippen LogP contribution is -1.80. The molecule has 0 saturated carbocycles. The van der Waals surface area contributed by atoms with E-state index in [1.165, 1.54) is 5.56 Å². The van der Waals surface area contributed by atoms with Crippen molar-refractivity contribution in [3.05, 3.63) is 35.9 Å². The summed E-state index contributed by atoms with van der Waals surface area (Å²) in [6.07, 6.45) is 6.96. The number of rotatable bonds is 2. The standard InChI is InChI=1S/C10H10.ClH/c1-2-3-7-10-8-5-4-6-9-10;/h1,4-6,8-9H,3,7H2;1H. The predicted molar refractivity (Wildman–Crippen MR) is 50.8 cm³/mol. The van der Waals surface area contributed by atoms with Crippen LogP contribution in [0, 0.1) is 12.3 Å². The summed E-state index contributed by atoms with van der Waals surface area (Å²) in [6.45, 7) is 0. The van der Waals surface area contributed by atoms with Crippen molar-refractivity contribution in [2.45, 2.75) is 12.8 Å². The highest BCUT2D eigenvalue weighted by Gasteiger charge is 1.86. The molecule has 0 aliphatic carbocycles. The number of halogens is 1. The van der Waals surface area contributed by atoms with Crippen LogP contribution in [0.4, 0.5) is 0 Å². The van der Waals surface area contributed by atoms with E-state index in [0.717, 1.165) is 12.8 Å². The van der Waals surface area contributed by atoms with E-state index >= 15 is 0 Å². The third kappa shape index (κ3) is 3.70. The Bertz CT molecular complexity index is 220. The van der Waals surface area contributed by atoms with Gasteiger partial charge in [-0.1, -0.05) is 30.3 Å². The number of terminal acetylenes is 1. The van der Waals surface area contributed by atoms with Crippen molar-refractivity contribution in [3.8, 4) is 12.3 Å². The summed E-state index contributed by atoms with van der Waals surface area (Å²) < 4.78 is 0. The zero-order valence-corrected chi connectivity index (χ0v) is 7.10. The second kappa shape index (κ2) is 5.82. The lowest BCUT2D eigenvalue weighted by molar-refractivity contribution is 1.03. The van der Waals surface area contributed by atoms with Crippen molar-refractivity contribution < 1.29 is 0 Å². The van der Waals surface area contributed by atoms with E-state index in [4.69, 9.17) is 6.42 Å². The molecule has 0 radical (unpaired) electrons. The number of hydrogen-bond acceptors (Lipinski definition) is 0. The first-order chi connectivity index (χ1) is 4.93. The average Bonchev–Trinajstić information content (AvgIpc) is 2.03. The zero-order chi connectivity index (χ0) is 7.23. The van der Waals surface area contributed by atoms with Crippen LogP contribution in [0.3, 0.4) is 0 Å². The third-order valence-electron chi connectivity index (χ3n) is 1.40. The van der Waals surface area contributed by atoms with Crippen molar-refractivity contribution in [1.29, 1.82) is 0 Å². The summed E-state index contributed by atoms with van der Waals surface area (Å²) in [7, 11) is 0. The smallest absolute Gasteiger partial charge is 0.0127 e. The summed E-state index contributed by atoms with van der Waals surface area (Å²) in [4.78, 5) is 0. The second-order valence-corrected chi connectivity index (χ2v) is 2.19. The lowest BCUT2D eigenvalue weighted by atomic mass is 10.1. The van der Waals surface area contributed by atoms with Crippen LogP contribution in [0.15, 0.2) is 30.3 Å². The fourth-order valence-electron chi connectivity index (χ4n) is 0.861. The van der Waals surface area contributed by atoms with Crippen molar-refractivity contribution in [2.75, 3.05) is 0 Å². The first-order valence-electron chi connectivity index (χ1n) is 3.41. The van der Waals surface area contributed by atoms with Gasteiger partial charge in [0, 0.05) is 6.42 Å². The molecule has 0 atom stereocenters. The number of hydrogen-bond donors (Lipinski definition) is 0. The van der Waals surface area contributed by atoms with Crippen LogP contribution in [0.2, 0.25) is 0 Å². The SMILES string of the molecule is C#CCCc1ccccc1.Cl. The van der Waals surface area contributed by atoms with Gasteiger partial charge in [-0.15, -0.1) is 24.8 Å². The van der Waals surface area contributed by atoms with Crippen LogP contribution in [0.5, 0.6) is 0 Å². The molecular weight excluding hydrogens is 156 g/mol. The monoisotopic (exact) mass is 166 g/mol. The second-order valence-electron chi connectivity index (χ2n) is 2.19.